The highest BCUT2D eigenvalue weighted by Crippen LogP contribution is 2.20. The zero-order valence-electron chi connectivity index (χ0n) is 42.3. The predicted octanol–water partition coefficient (Wildman–Crippen LogP) is -3.82. The standard InChI is InChI=1S/C49H75N17O9/c1-28(67)60-34(18-10-22-57-48(52)53)42(70)66-39-26-40(68)56-21-8-7-16-33(41(51)69)61-46(74)38(25-30-27-59-32-15-6-5-14-31(30)32)65-44(72)36(19-11-23-58-49(54)55)63-45(73)37(24-29-12-3-2-4-13-29)64-43(71)35(17-9-20-50)62-47(39)75/h2-6,12-15,27,33-39,44,59,65,72H,7-11,16-26,50H2,1H3,(H2,51,69)(H,56,68)(H,60,67)(H,61,74)(H,62,75)(H,63,73)(H,64,71)(H,66,70)(H4,52,53,57)(H4,54,55,58). The van der Waals surface area contributed by atoms with Crippen molar-refractivity contribution in [2.75, 3.05) is 26.2 Å². The number of nitrogens with zero attached hydrogens (tertiary/aromatic N) is 2. The minimum absolute atomic E-state index is 0.00352. The van der Waals surface area contributed by atoms with Gasteiger partial charge in [-0.1, -0.05) is 48.5 Å². The molecule has 22 N–H and O–H groups in total. The molecule has 0 aliphatic carbocycles. The first-order valence-electron chi connectivity index (χ1n) is 25.0. The molecule has 410 valence electrons. The third kappa shape index (κ3) is 20.9. The number of amides is 8. The number of aromatic amines is 1. The summed E-state index contributed by atoms with van der Waals surface area (Å²) < 4.78 is 0. The fourth-order valence-corrected chi connectivity index (χ4v) is 8.39. The summed E-state index contributed by atoms with van der Waals surface area (Å²) in [6.45, 7) is 1.55. The van der Waals surface area contributed by atoms with Gasteiger partial charge in [0.05, 0.1) is 18.5 Å². The summed E-state index contributed by atoms with van der Waals surface area (Å²) in [5.41, 5.74) is 35.8. The van der Waals surface area contributed by atoms with Crippen molar-refractivity contribution in [2.45, 2.75) is 132 Å². The van der Waals surface area contributed by atoms with Crippen LogP contribution in [0.5, 0.6) is 0 Å². The first kappa shape index (κ1) is 59.7. The van der Waals surface area contributed by atoms with Gasteiger partial charge < -0.3 is 81.7 Å². The Labute approximate surface area is 434 Å². The molecule has 0 radical (unpaired) electrons. The first-order valence-corrected chi connectivity index (χ1v) is 25.0. The number of rotatable bonds is 19. The maximum Gasteiger partial charge on any atom is 0.243 e. The number of hydrogen-bond acceptors (Lipinski definition) is 13. The van der Waals surface area contributed by atoms with Crippen LogP contribution in [0.4, 0.5) is 0 Å². The maximum absolute atomic E-state index is 14.7. The van der Waals surface area contributed by atoms with Crippen LogP contribution in [0.25, 0.3) is 10.9 Å². The summed E-state index contributed by atoms with van der Waals surface area (Å²) in [7, 11) is 0. The van der Waals surface area contributed by atoms with Gasteiger partial charge in [0, 0.05) is 50.1 Å². The number of guanidine groups is 2. The molecule has 3 aromatic rings. The smallest absolute Gasteiger partial charge is 0.243 e. The van der Waals surface area contributed by atoms with Gasteiger partial charge in [0.25, 0.3) is 0 Å². The van der Waals surface area contributed by atoms with E-state index in [9.17, 15) is 43.5 Å². The Morgan fingerprint density at radius 3 is 2.08 bits per heavy atom. The molecule has 1 aliphatic heterocycles. The number of nitrogens with two attached hydrogens (primary N) is 6. The molecule has 1 aromatic heterocycles. The normalized spacial score (nSPS) is 22.2. The van der Waals surface area contributed by atoms with E-state index in [1.54, 1.807) is 36.5 Å². The molecule has 8 unspecified atom stereocenters. The molecule has 1 fully saturated rings. The van der Waals surface area contributed by atoms with Crippen LogP contribution in [0.15, 0.2) is 70.8 Å². The Bertz CT molecular complexity index is 2440. The number of hydrogen-bond donors (Lipinski definition) is 16. The Morgan fingerprint density at radius 1 is 0.747 bits per heavy atom. The van der Waals surface area contributed by atoms with Crippen LogP contribution in [-0.4, -0.2) is 144 Å². The molecule has 0 bridgehead atoms. The molecule has 26 nitrogen and oxygen atoms in total. The van der Waals surface area contributed by atoms with Crippen LogP contribution < -0.4 is 76.9 Å². The number of aliphatic hydroxyl groups is 1. The van der Waals surface area contributed by atoms with Gasteiger partial charge in [0.15, 0.2) is 11.9 Å². The van der Waals surface area contributed by atoms with Crippen LogP contribution in [0.2, 0.25) is 0 Å². The van der Waals surface area contributed by atoms with Gasteiger partial charge >= 0.3 is 0 Å². The van der Waals surface area contributed by atoms with E-state index in [-0.39, 0.29) is 109 Å². The van der Waals surface area contributed by atoms with E-state index in [0.717, 1.165) is 10.9 Å². The van der Waals surface area contributed by atoms with Crippen molar-refractivity contribution in [3.8, 4) is 0 Å². The van der Waals surface area contributed by atoms with E-state index in [1.165, 1.54) is 6.92 Å². The molecule has 0 saturated carbocycles. The Kier molecular flexibility index (Phi) is 24.7. The third-order valence-corrected chi connectivity index (χ3v) is 12.3. The van der Waals surface area contributed by atoms with Crippen molar-refractivity contribution >= 4 is 70.1 Å². The van der Waals surface area contributed by atoms with Crippen molar-refractivity contribution in [2.24, 2.45) is 44.4 Å². The lowest BCUT2D eigenvalue weighted by molar-refractivity contribution is -0.136. The van der Waals surface area contributed by atoms with Crippen LogP contribution in [0.3, 0.4) is 0 Å². The fourth-order valence-electron chi connectivity index (χ4n) is 8.39. The van der Waals surface area contributed by atoms with E-state index in [0.29, 0.717) is 11.1 Å². The van der Waals surface area contributed by atoms with E-state index in [4.69, 9.17) is 34.4 Å². The average Bonchev–Trinajstić information content (AvgIpc) is 3.77. The lowest BCUT2D eigenvalue weighted by Crippen LogP contribution is -2.61. The summed E-state index contributed by atoms with van der Waals surface area (Å²) in [6, 6.07) is 7.02. The second-order valence-corrected chi connectivity index (χ2v) is 18.3. The predicted molar refractivity (Wildman–Crippen MR) is 281 cm³/mol. The number of aromatic nitrogens is 1. The van der Waals surface area contributed by atoms with Gasteiger partial charge in [-0.15, -0.1) is 0 Å². The van der Waals surface area contributed by atoms with Crippen molar-refractivity contribution in [3.05, 3.63) is 71.9 Å². The number of primary amides is 1. The number of para-hydroxylation sites is 1. The second-order valence-electron chi connectivity index (χ2n) is 18.3. The van der Waals surface area contributed by atoms with Crippen molar-refractivity contribution < 1.29 is 43.5 Å². The first-order chi connectivity index (χ1) is 35.8. The quantitative estimate of drug-likeness (QED) is 0.0311. The number of fused-ring (bicyclic) bond motifs is 1. The van der Waals surface area contributed by atoms with Gasteiger partial charge in [0.2, 0.25) is 47.3 Å². The average molecular weight is 1050 g/mol. The molecule has 1 saturated heterocycles. The van der Waals surface area contributed by atoms with E-state index in [2.05, 4.69) is 57.5 Å². The van der Waals surface area contributed by atoms with Gasteiger partial charge in [-0.05, 0) is 87.9 Å². The minimum atomic E-state index is -1.65. The van der Waals surface area contributed by atoms with Crippen LogP contribution >= 0.6 is 0 Å². The topological polar surface area (TPSA) is 450 Å². The van der Waals surface area contributed by atoms with E-state index < -0.39 is 102 Å². The van der Waals surface area contributed by atoms with Gasteiger partial charge in [0.1, 0.15) is 36.4 Å². The Morgan fingerprint density at radius 2 is 1.40 bits per heavy atom. The summed E-state index contributed by atoms with van der Waals surface area (Å²) in [4.78, 5) is 121. The van der Waals surface area contributed by atoms with Crippen molar-refractivity contribution in [1.82, 2.24) is 47.5 Å². The molecule has 1 aliphatic rings. The Balaban J connectivity index is 1.77. The second kappa shape index (κ2) is 31.0. The zero-order valence-corrected chi connectivity index (χ0v) is 42.3. The van der Waals surface area contributed by atoms with E-state index in [1.807, 2.05) is 24.3 Å². The van der Waals surface area contributed by atoms with E-state index >= 15 is 0 Å². The number of benzene rings is 2. The molecule has 75 heavy (non-hydrogen) atoms. The van der Waals surface area contributed by atoms with Crippen LogP contribution in [0, 0.1) is 0 Å². The molecule has 2 aromatic carbocycles. The number of carbonyl (C=O) groups excluding carboxylic acids is 8. The lowest BCUT2D eigenvalue weighted by Gasteiger charge is -2.31. The molecule has 2 heterocycles. The maximum atomic E-state index is 14.7. The monoisotopic (exact) mass is 1050 g/mol. The number of aliphatic imine (C=N–C) groups is 2. The minimum Gasteiger partial charge on any atom is -0.376 e. The highest BCUT2D eigenvalue weighted by molar-refractivity contribution is 5.97. The van der Waals surface area contributed by atoms with Gasteiger partial charge in [-0.25, -0.2) is 0 Å². The number of carbonyl (C=O) groups is 8. The number of aliphatic hydroxyl groups excluding tert-OH is 1. The Hall–Kier alpha value is -7.84. The highest BCUT2D eigenvalue weighted by Gasteiger charge is 2.35. The molecule has 26 heteroatoms. The molecule has 0 spiro atoms. The largest absolute Gasteiger partial charge is 0.376 e. The summed E-state index contributed by atoms with van der Waals surface area (Å²) in [5.74, 6) is -6.49. The third-order valence-electron chi connectivity index (χ3n) is 12.3. The molecule has 4 rings (SSSR count). The van der Waals surface area contributed by atoms with Gasteiger partial charge in [-0.2, -0.15) is 0 Å². The van der Waals surface area contributed by atoms with Crippen LogP contribution in [-0.2, 0) is 51.2 Å². The molecule has 8 atom stereocenters. The van der Waals surface area contributed by atoms with Crippen molar-refractivity contribution in [1.29, 1.82) is 0 Å². The summed E-state index contributed by atoms with van der Waals surface area (Å²) in [5, 5.41) is 34.6. The van der Waals surface area contributed by atoms with Crippen molar-refractivity contribution in [3.63, 3.8) is 0 Å². The summed E-state index contributed by atoms with van der Waals surface area (Å²) >= 11 is 0. The molecular formula is C49H75N17O9. The molecule has 8 amide bonds. The SMILES string of the molecule is CC(=O)NC(CCCN=C(N)N)C(=O)NC1CC(=O)NCCCCC(C(N)=O)NC(=O)C(Cc2c[nH]c3ccccc23)NC(O)C(CCCN=C(N)N)NC(=O)C(Cc2ccccc2)NC(=O)C(CCCN)NC1=O. The van der Waals surface area contributed by atoms with Gasteiger partial charge in [-0.3, -0.25) is 53.7 Å². The van der Waals surface area contributed by atoms with Crippen LogP contribution in [0.1, 0.15) is 82.3 Å². The molecular weight excluding hydrogens is 971 g/mol. The lowest BCUT2D eigenvalue weighted by atomic mass is 10.0. The zero-order chi connectivity index (χ0) is 54.9. The highest BCUT2D eigenvalue weighted by atomic mass is 16.3. The number of nitrogens with one attached hydrogen (secondary N) is 9. The summed E-state index contributed by atoms with van der Waals surface area (Å²) in [6.07, 6.45) is 0.689. The fraction of sp³-hybridized carbons (Fsp3) is 0.510. The number of H-pyrrole nitrogens is 1.